The summed E-state index contributed by atoms with van der Waals surface area (Å²) in [4.78, 5) is 11.8. The lowest BCUT2D eigenvalue weighted by atomic mass is 9.86. The molecule has 1 saturated heterocycles. The zero-order valence-corrected chi connectivity index (χ0v) is 19.2. The Labute approximate surface area is 196 Å². The Bertz CT molecular complexity index is 1400. The van der Waals surface area contributed by atoms with Crippen molar-refractivity contribution in [2.24, 2.45) is 5.92 Å². The van der Waals surface area contributed by atoms with Gasteiger partial charge >= 0.3 is 5.97 Å². The van der Waals surface area contributed by atoms with Crippen molar-refractivity contribution in [3.8, 4) is 5.69 Å². The van der Waals surface area contributed by atoms with Crippen LogP contribution in [0, 0.1) is 18.7 Å². The predicted molar refractivity (Wildman–Crippen MR) is 128 cm³/mol. The van der Waals surface area contributed by atoms with Gasteiger partial charge in [-0.2, -0.15) is 5.10 Å². The molecule has 6 nitrogen and oxygen atoms in total. The van der Waals surface area contributed by atoms with Gasteiger partial charge in [0.1, 0.15) is 5.82 Å². The van der Waals surface area contributed by atoms with E-state index >= 15 is 0 Å². The highest BCUT2D eigenvalue weighted by Crippen LogP contribution is 2.48. The number of hydrogen-bond donors (Lipinski definition) is 2. The Morgan fingerprint density at radius 3 is 2.71 bits per heavy atom. The Balaban J connectivity index is 1.66. The number of aromatic amines is 1. The molecular formula is C27H28FN3O3. The van der Waals surface area contributed by atoms with Crippen LogP contribution in [-0.4, -0.2) is 39.1 Å². The van der Waals surface area contributed by atoms with Crippen LogP contribution < -0.4 is 0 Å². The Hall–Kier alpha value is -3.19. The van der Waals surface area contributed by atoms with E-state index in [-0.39, 0.29) is 17.7 Å². The number of fused-ring (bicyclic) bond motifs is 2. The molecule has 2 atom stereocenters. The van der Waals surface area contributed by atoms with Crippen LogP contribution in [0.25, 0.3) is 27.5 Å². The molecule has 0 amide bonds. The standard InChI is InChI=1S/C27H28FN3O3/c1-15-10-20(4-5-22(15)28)31-24-12-19-14-29-30-23(19)13-21(24)25(17-2-3-18(11-17)27(32)33)26(31)16-6-8-34-9-7-16/h4-5,10,12-14,16-18H,2-3,6-9,11H2,1H3,(H,29,30)(H,32,33)/t17-,18?/m1/s1. The van der Waals surface area contributed by atoms with Gasteiger partial charge in [-0.3, -0.25) is 9.89 Å². The summed E-state index contributed by atoms with van der Waals surface area (Å²) in [5.74, 6) is -0.768. The lowest BCUT2D eigenvalue weighted by molar-refractivity contribution is -0.141. The molecule has 0 bridgehead atoms. The minimum Gasteiger partial charge on any atom is -0.481 e. The summed E-state index contributed by atoms with van der Waals surface area (Å²) in [6.45, 7) is 3.21. The highest BCUT2D eigenvalue weighted by Gasteiger charge is 2.37. The van der Waals surface area contributed by atoms with E-state index in [1.54, 1.807) is 6.92 Å². The Morgan fingerprint density at radius 2 is 1.97 bits per heavy atom. The number of halogens is 1. The fourth-order valence-corrected chi connectivity index (χ4v) is 6.09. The van der Waals surface area contributed by atoms with Crippen LogP contribution in [0.5, 0.6) is 0 Å². The average molecular weight is 462 g/mol. The predicted octanol–water partition coefficient (Wildman–Crippen LogP) is 5.82. The zero-order valence-electron chi connectivity index (χ0n) is 19.2. The Kier molecular flexibility index (Phi) is 5.17. The molecule has 7 heteroatoms. The molecule has 0 spiro atoms. The van der Waals surface area contributed by atoms with Crippen molar-refractivity contribution >= 4 is 27.8 Å². The van der Waals surface area contributed by atoms with Gasteiger partial charge in [0.2, 0.25) is 0 Å². The second kappa shape index (κ2) is 8.24. The van der Waals surface area contributed by atoms with Crippen LogP contribution in [0.3, 0.4) is 0 Å². The van der Waals surface area contributed by atoms with E-state index in [1.165, 1.54) is 17.3 Å². The third kappa shape index (κ3) is 3.41. The summed E-state index contributed by atoms with van der Waals surface area (Å²) in [7, 11) is 0. The monoisotopic (exact) mass is 461 g/mol. The molecule has 2 aliphatic rings. The smallest absolute Gasteiger partial charge is 0.306 e. The highest BCUT2D eigenvalue weighted by atomic mass is 19.1. The van der Waals surface area contributed by atoms with Gasteiger partial charge in [-0.1, -0.05) is 0 Å². The molecule has 2 N–H and O–H groups in total. The fraction of sp³-hybridized carbons (Fsp3) is 0.407. The number of hydrogen-bond acceptors (Lipinski definition) is 3. The van der Waals surface area contributed by atoms with E-state index in [9.17, 15) is 14.3 Å². The lowest BCUT2D eigenvalue weighted by Gasteiger charge is -2.27. The summed E-state index contributed by atoms with van der Waals surface area (Å²) in [6.07, 6.45) is 5.85. The van der Waals surface area contributed by atoms with Crippen molar-refractivity contribution in [2.75, 3.05) is 13.2 Å². The first-order valence-corrected chi connectivity index (χ1v) is 12.1. The maximum atomic E-state index is 14.2. The molecule has 2 aromatic carbocycles. The SMILES string of the molecule is Cc1cc(-n2c(C3CCOCC3)c([C@@H]3CCC(C(=O)O)C3)c3cc4[nH]ncc4cc32)ccc1F. The molecule has 3 heterocycles. The largest absolute Gasteiger partial charge is 0.481 e. The lowest BCUT2D eigenvalue weighted by Crippen LogP contribution is -2.19. The van der Waals surface area contributed by atoms with E-state index < -0.39 is 5.97 Å². The van der Waals surface area contributed by atoms with Gasteiger partial charge in [0, 0.05) is 41.3 Å². The number of aryl methyl sites for hydroxylation is 1. The molecule has 1 saturated carbocycles. The van der Waals surface area contributed by atoms with Gasteiger partial charge in [0.25, 0.3) is 0 Å². The molecule has 0 radical (unpaired) electrons. The van der Waals surface area contributed by atoms with Crippen molar-refractivity contribution in [3.05, 3.63) is 59.2 Å². The van der Waals surface area contributed by atoms with Crippen molar-refractivity contribution in [3.63, 3.8) is 0 Å². The molecule has 2 aromatic heterocycles. The van der Waals surface area contributed by atoms with Gasteiger partial charge in [-0.15, -0.1) is 0 Å². The number of benzene rings is 2. The van der Waals surface area contributed by atoms with E-state index in [4.69, 9.17) is 4.74 Å². The quantitative estimate of drug-likeness (QED) is 0.402. The van der Waals surface area contributed by atoms with Gasteiger partial charge in [-0.05, 0) is 86.4 Å². The van der Waals surface area contributed by atoms with Crippen LogP contribution in [0.4, 0.5) is 4.39 Å². The third-order valence-electron chi connectivity index (χ3n) is 7.80. The number of H-pyrrole nitrogens is 1. The van der Waals surface area contributed by atoms with E-state index in [0.717, 1.165) is 46.8 Å². The van der Waals surface area contributed by atoms with Crippen LogP contribution in [-0.2, 0) is 9.53 Å². The van der Waals surface area contributed by atoms with Gasteiger partial charge in [0.05, 0.1) is 23.1 Å². The number of ether oxygens (including phenoxy) is 1. The molecule has 6 rings (SSSR count). The van der Waals surface area contributed by atoms with Crippen molar-refractivity contribution in [1.29, 1.82) is 0 Å². The van der Waals surface area contributed by atoms with Gasteiger partial charge in [0.15, 0.2) is 0 Å². The summed E-state index contributed by atoms with van der Waals surface area (Å²) in [5.41, 5.74) is 6.06. The topological polar surface area (TPSA) is 80.1 Å². The minimum absolute atomic E-state index is 0.171. The van der Waals surface area contributed by atoms with Crippen molar-refractivity contribution in [1.82, 2.24) is 14.8 Å². The number of aliphatic carboxylic acids is 1. The molecule has 2 fully saturated rings. The first-order valence-electron chi connectivity index (χ1n) is 12.1. The number of aromatic nitrogens is 3. The second-order valence-corrected chi connectivity index (χ2v) is 9.83. The first kappa shape index (κ1) is 21.4. The number of nitrogens with one attached hydrogen (secondary N) is 1. The van der Waals surface area contributed by atoms with E-state index in [2.05, 4.69) is 26.9 Å². The van der Waals surface area contributed by atoms with Gasteiger partial charge in [-0.25, -0.2) is 4.39 Å². The van der Waals surface area contributed by atoms with Crippen molar-refractivity contribution in [2.45, 2.75) is 50.9 Å². The van der Waals surface area contributed by atoms with Gasteiger partial charge < -0.3 is 14.4 Å². The molecule has 1 aliphatic heterocycles. The second-order valence-electron chi connectivity index (χ2n) is 9.83. The first-order chi connectivity index (χ1) is 16.5. The van der Waals surface area contributed by atoms with E-state index in [1.807, 2.05) is 18.3 Å². The average Bonchev–Trinajstić information content (AvgIpc) is 3.56. The number of nitrogens with zero attached hydrogens (tertiary/aromatic N) is 2. The highest BCUT2D eigenvalue weighted by molar-refractivity contribution is 5.99. The number of carbonyl (C=O) groups is 1. The van der Waals surface area contributed by atoms with Crippen LogP contribution in [0.1, 0.15) is 60.8 Å². The van der Waals surface area contributed by atoms with Crippen LogP contribution in [0.2, 0.25) is 0 Å². The third-order valence-corrected chi connectivity index (χ3v) is 7.80. The number of carboxylic acids is 1. The maximum absolute atomic E-state index is 14.2. The van der Waals surface area contributed by atoms with Crippen LogP contribution >= 0.6 is 0 Å². The minimum atomic E-state index is -0.705. The van der Waals surface area contributed by atoms with Crippen LogP contribution in [0.15, 0.2) is 36.5 Å². The molecular weight excluding hydrogens is 433 g/mol. The Morgan fingerprint density at radius 1 is 1.15 bits per heavy atom. The molecule has 1 aliphatic carbocycles. The summed E-state index contributed by atoms with van der Waals surface area (Å²) in [5, 5.41) is 19.2. The molecule has 176 valence electrons. The number of carboxylic acid groups (broad SMARTS) is 1. The molecule has 4 aromatic rings. The zero-order chi connectivity index (χ0) is 23.4. The van der Waals surface area contributed by atoms with E-state index in [0.29, 0.717) is 37.5 Å². The normalized spacial score (nSPS) is 21.6. The summed E-state index contributed by atoms with van der Waals surface area (Å²) >= 11 is 0. The maximum Gasteiger partial charge on any atom is 0.306 e. The molecule has 1 unspecified atom stereocenters. The van der Waals surface area contributed by atoms with Crippen molar-refractivity contribution < 1.29 is 19.0 Å². The number of rotatable bonds is 4. The summed E-state index contributed by atoms with van der Waals surface area (Å²) < 4.78 is 22.2. The summed E-state index contributed by atoms with van der Waals surface area (Å²) in [6, 6.07) is 9.62. The fourth-order valence-electron chi connectivity index (χ4n) is 6.09. The molecule has 34 heavy (non-hydrogen) atoms.